The Morgan fingerprint density at radius 2 is 2.12 bits per heavy atom. The van der Waals surface area contributed by atoms with Gasteiger partial charge in [-0.05, 0) is 18.9 Å². The first kappa shape index (κ1) is 16.4. The smallest absolute Gasteiger partial charge is 0.410 e. The summed E-state index contributed by atoms with van der Waals surface area (Å²) in [6, 6.07) is 8.16. The molecule has 0 N–H and O–H groups in total. The normalized spacial score (nSPS) is 26.7. The summed E-state index contributed by atoms with van der Waals surface area (Å²) in [6.45, 7) is 2.37. The van der Waals surface area contributed by atoms with Crippen LogP contribution in [0.15, 0.2) is 30.3 Å². The molecule has 1 aromatic rings. The third-order valence-corrected chi connectivity index (χ3v) is 4.42. The van der Waals surface area contributed by atoms with Crippen molar-refractivity contribution in [2.24, 2.45) is 0 Å². The van der Waals surface area contributed by atoms with E-state index in [-0.39, 0.29) is 19.1 Å². The summed E-state index contributed by atoms with van der Waals surface area (Å²) in [4.78, 5) is 38.9. The summed E-state index contributed by atoms with van der Waals surface area (Å²) in [7, 11) is 0. The van der Waals surface area contributed by atoms with Crippen LogP contribution in [0.3, 0.4) is 0 Å². The van der Waals surface area contributed by atoms with Crippen LogP contribution in [0.2, 0.25) is 0 Å². The fourth-order valence-corrected chi connectivity index (χ4v) is 3.05. The van der Waals surface area contributed by atoms with Crippen LogP contribution in [-0.4, -0.2) is 59.5 Å². The fourth-order valence-electron chi connectivity index (χ4n) is 3.05. The third kappa shape index (κ3) is 3.12. The molecule has 3 atom stereocenters. The quantitative estimate of drug-likeness (QED) is 0.777. The summed E-state index contributed by atoms with van der Waals surface area (Å²) in [5.41, 5.74) is 0.874. The van der Waals surface area contributed by atoms with Gasteiger partial charge in [-0.2, -0.15) is 0 Å². The number of hydrogen-bond acceptors (Lipinski definition) is 5. The molecule has 0 aliphatic carbocycles. The zero-order chi connectivity index (χ0) is 17.1. The fraction of sp³-hybridized carbons (Fsp3) is 0.471. The van der Waals surface area contributed by atoms with Gasteiger partial charge in [0.15, 0.2) is 6.23 Å². The van der Waals surface area contributed by atoms with Gasteiger partial charge >= 0.3 is 6.09 Å². The van der Waals surface area contributed by atoms with E-state index in [2.05, 4.69) is 0 Å². The minimum Gasteiger partial charge on any atom is -0.445 e. The lowest BCUT2D eigenvalue weighted by Crippen LogP contribution is -2.67. The van der Waals surface area contributed by atoms with Crippen molar-refractivity contribution >= 4 is 18.3 Å². The maximum atomic E-state index is 12.6. The highest BCUT2D eigenvalue weighted by Crippen LogP contribution is 2.25. The van der Waals surface area contributed by atoms with Gasteiger partial charge in [0.05, 0.1) is 19.2 Å². The molecule has 1 aromatic carbocycles. The Bertz CT molecular complexity index is 621. The van der Waals surface area contributed by atoms with Crippen LogP contribution < -0.4 is 0 Å². The molecule has 2 heterocycles. The first-order valence-electron chi connectivity index (χ1n) is 7.98. The molecule has 2 saturated heterocycles. The number of piperazine rings is 1. The minimum absolute atomic E-state index is 0.142. The van der Waals surface area contributed by atoms with Gasteiger partial charge in [0.2, 0.25) is 5.91 Å². The van der Waals surface area contributed by atoms with Crippen LogP contribution in [0.5, 0.6) is 0 Å². The third-order valence-electron chi connectivity index (χ3n) is 4.42. The van der Waals surface area contributed by atoms with E-state index < -0.39 is 24.4 Å². The van der Waals surface area contributed by atoms with E-state index in [4.69, 9.17) is 9.47 Å². The molecule has 7 nitrogen and oxygen atoms in total. The van der Waals surface area contributed by atoms with E-state index in [1.54, 1.807) is 6.92 Å². The van der Waals surface area contributed by atoms with Gasteiger partial charge in [-0.1, -0.05) is 30.3 Å². The van der Waals surface area contributed by atoms with Gasteiger partial charge in [-0.15, -0.1) is 0 Å². The van der Waals surface area contributed by atoms with Gasteiger partial charge < -0.3 is 19.2 Å². The van der Waals surface area contributed by atoms with Crippen molar-refractivity contribution in [3.05, 3.63) is 35.9 Å². The average Bonchev–Trinajstić information content (AvgIpc) is 2.62. The van der Waals surface area contributed by atoms with Crippen molar-refractivity contribution in [1.29, 1.82) is 0 Å². The molecule has 128 valence electrons. The SMILES string of the molecule is C[C@H]1C(=O)N2C(CN1C(=O)OCc1ccccc1)OCC[C@H]2C=O. The van der Waals surface area contributed by atoms with Crippen molar-refractivity contribution in [2.45, 2.75) is 38.3 Å². The van der Waals surface area contributed by atoms with E-state index >= 15 is 0 Å². The van der Waals surface area contributed by atoms with Gasteiger partial charge in [-0.25, -0.2) is 4.79 Å². The molecular weight excluding hydrogens is 312 g/mol. The van der Waals surface area contributed by atoms with E-state index in [1.807, 2.05) is 30.3 Å². The molecule has 7 heteroatoms. The summed E-state index contributed by atoms with van der Waals surface area (Å²) in [6.07, 6.45) is 0.0959. The number of benzene rings is 1. The highest BCUT2D eigenvalue weighted by atomic mass is 16.6. The Balaban J connectivity index is 1.67. The molecule has 2 aliphatic heterocycles. The van der Waals surface area contributed by atoms with Crippen molar-refractivity contribution in [2.75, 3.05) is 13.2 Å². The predicted molar refractivity (Wildman–Crippen MR) is 83.9 cm³/mol. The van der Waals surface area contributed by atoms with Gasteiger partial charge in [0.25, 0.3) is 0 Å². The average molecular weight is 332 g/mol. The first-order valence-corrected chi connectivity index (χ1v) is 7.98. The number of ether oxygens (including phenoxy) is 2. The first-order chi connectivity index (χ1) is 11.6. The lowest BCUT2D eigenvalue weighted by Gasteiger charge is -2.47. The van der Waals surface area contributed by atoms with E-state index in [9.17, 15) is 14.4 Å². The lowest BCUT2D eigenvalue weighted by atomic mass is 10.1. The van der Waals surface area contributed by atoms with Crippen molar-refractivity contribution in [3.8, 4) is 0 Å². The predicted octanol–water partition coefficient (Wildman–Crippen LogP) is 1.17. The Kier molecular flexibility index (Phi) is 4.80. The molecule has 3 rings (SSSR count). The summed E-state index contributed by atoms with van der Waals surface area (Å²) in [5.74, 6) is -0.292. The number of amides is 2. The van der Waals surface area contributed by atoms with Crippen LogP contribution in [0.4, 0.5) is 4.79 Å². The number of aldehydes is 1. The van der Waals surface area contributed by atoms with Crippen LogP contribution >= 0.6 is 0 Å². The molecule has 2 aliphatic rings. The van der Waals surface area contributed by atoms with Crippen molar-refractivity contribution < 1.29 is 23.9 Å². The van der Waals surface area contributed by atoms with Crippen molar-refractivity contribution in [3.63, 3.8) is 0 Å². The second-order valence-corrected chi connectivity index (χ2v) is 5.93. The Hall–Kier alpha value is -2.41. The van der Waals surface area contributed by atoms with E-state index in [0.717, 1.165) is 11.8 Å². The van der Waals surface area contributed by atoms with Gasteiger partial charge in [0.1, 0.15) is 18.9 Å². The Morgan fingerprint density at radius 3 is 2.83 bits per heavy atom. The van der Waals surface area contributed by atoms with Gasteiger partial charge in [0, 0.05) is 0 Å². The Labute approximate surface area is 140 Å². The summed E-state index contributed by atoms with van der Waals surface area (Å²) in [5, 5.41) is 0. The molecule has 0 radical (unpaired) electrons. The van der Waals surface area contributed by atoms with Crippen LogP contribution in [0.1, 0.15) is 18.9 Å². The topological polar surface area (TPSA) is 76.2 Å². The van der Waals surface area contributed by atoms with Crippen molar-refractivity contribution in [1.82, 2.24) is 9.80 Å². The molecule has 1 unspecified atom stereocenters. The number of carbonyl (C=O) groups is 3. The number of carbonyl (C=O) groups excluding carboxylic acids is 3. The molecule has 0 aromatic heterocycles. The maximum absolute atomic E-state index is 12.6. The molecule has 0 saturated carbocycles. The molecule has 2 fully saturated rings. The van der Waals surface area contributed by atoms with Gasteiger partial charge in [-0.3, -0.25) is 9.69 Å². The van der Waals surface area contributed by atoms with E-state index in [1.165, 1.54) is 9.80 Å². The Morgan fingerprint density at radius 1 is 1.38 bits per heavy atom. The number of hydrogen-bond donors (Lipinski definition) is 0. The van der Waals surface area contributed by atoms with E-state index in [0.29, 0.717) is 13.0 Å². The molecule has 2 amide bonds. The second-order valence-electron chi connectivity index (χ2n) is 5.93. The van der Waals surface area contributed by atoms with Crippen LogP contribution in [0, 0.1) is 0 Å². The second kappa shape index (κ2) is 7.00. The highest BCUT2D eigenvalue weighted by molar-refractivity contribution is 5.88. The largest absolute Gasteiger partial charge is 0.445 e. The highest BCUT2D eigenvalue weighted by Gasteiger charge is 2.46. The molecule has 0 bridgehead atoms. The molecular formula is C17H20N2O5. The van der Waals surface area contributed by atoms with Crippen LogP contribution in [-0.2, 0) is 25.7 Å². The lowest BCUT2D eigenvalue weighted by molar-refractivity contribution is -0.184. The summed E-state index contributed by atoms with van der Waals surface area (Å²) < 4.78 is 10.9. The molecule has 24 heavy (non-hydrogen) atoms. The number of fused-ring (bicyclic) bond motifs is 1. The zero-order valence-electron chi connectivity index (χ0n) is 13.5. The minimum atomic E-state index is -0.686. The maximum Gasteiger partial charge on any atom is 0.410 e. The molecule has 0 spiro atoms. The number of nitrogens with zero attached hydrogens (tertiary/aromatic N) is 2. The standard InChI is InChI=1S/C17H20N2O5/c1-12-16(21)19-14(10-20)7-8-23-15(19)9-18(12)17(22)24-11-13-5-3-2-4-6-13/h2-6,10,12,14-15H,7-9,11H2,1H3/t12-,14-,15?/m0/s1. The summed E-state index contributed by atoms with van der Waals surface area (Å²) >= 11 is 0. The monoisotopic (exact) mass is 332 g/mol. The van der Waals surface area contributed by atoms with Crippen LogP contribution in [0.25, 0.3) is 0 Å². The number of rotatable bonds is 3. The zero-order valence-corrected chi connectivity index (χ0v) is 13.5.